The molecule has 2 rings (SSSR count). The summed E-state index contributed by atoms with van der Waals surface area (Å²) in [4.78, 5) is 7.90. The SMILES string of the molecule is CCN(CC)c1ccc(N=Nc2nc(C#N)c(C#N)[nH]2)c(NS(=O)(=O)C(F)(F)F)c1. The largest absolute Gasteiger partial charge is 0.516 e. The van der Waals surface area contributed by atoms with Crippen LogP contribution in [0.3, 0.4) is 0 Å². The molecule has 0 amide bonds. The number of imidazole rings is 1. The lowest BCUT2D eigenvalue weighted by Crippen LogP contribution is -2.30. The fourth-order valence-electron chi connectivity index (χ4n) is 2.35. The van der Waals surface area contributed by atoms with Crippen LogP contribution >= 0.6 is 0 Å². The van der Waals surface area contributed by atoms with Gasteiger partial charge in [-0.1, -0.05) is 0 Å². The van der Waals surface area contributed by atoms with Gasteiger partial charge in [-0.15, -0.1) is 10.2 Å². The number of hydrogen-bond acceptors (Lipinski definition) is 8. The van der Waals surface area contributed by atoms with Gasteiger partial charge in [0.1, 0.15) is 17.8 Å². The summed E-state index contributed by atoms with van der Waals surface area (Å²) in [5.41, 5.74) is -6.14. The van der Waals surface area contributed by atoms with Gasteiger partial charge in [0.25, 0.3) is 0 Å². The Hall–Kier alpha value is -3.65. The molecule has 1 aromatic carbocycles. The van der Waals surface area contributed by atoms with Crippen molar-refractivity contribution < 1.29 is 21.6 Å². The van der Waals surface area contributed by atoms with Crippen LogP contribution in [0.5, 0.6) is 0 Å². The predicted molar refractivity (Wildman–Crippen MR) is 101 cm³/mol. The highest BCUT2D eigenvalue weighted by atomic mass is 32.2. The summed E-state index contributed by atoms with van der Waals surface area (Å²) < 4.78 is 63.1. The van der Waals surface area contributed by atoms with Crippen molar-refractivity contribution in [2.24, 2.45) is 10.2 Å². The molecule has 30 heavy (non-hydrogen) atoms. The number of anilines is 2. The molecule has 0 atom stereocenters. The lowest BCUT2D eigenvalue weighted by molar-refractivity contribution is -0.0429. The molecular formula is C16H15F3N8O2S. The fourth-order valence-corrected chi connectivity index (χ4v) is 2.92. The molecule has 0 fully saturated rings. The molecule has 0 unspecified atom stereocenters. The second-order valence-electron chi connectivity index (χ2n) is 5.63. The first-order chi connectivity index (χ1) is 14.1. The molecule has 1 heterocycles. The third kappa shape index (κ3) is 4.84. The van der Waals surface area contributed by atoms with E-state index in [-0.39, 0.29) is 23.0 Å². The quantitative estimate of drug-likeness (QED) is 0.627. The minimum Gasteiger partial charge on any atom is -0.372 e. The van der Waals surface area contributed by atoms with Gasteiger partial charge in [0.05, 0.1) is 5.69 Å². The van der Waals surface area contributed by atoms with Crippen LogP contribution in [0, 0.1) is 22.7 Å². The molecule has 14 heteroatoms. The molecule has 2 aromatic rings. The van der Waals surface area contributed by atoms with Crippen LogP contribution in [-0.2, 0) is 10.0 Å². The number of H-pyrrole nitrogens is 1. The van der Waals surface area contributed by atoms with Crippen molar-refractivity contribution in [2.75, 3.05) is 22.7 Å². The highest BCUT2D eigenvalue weighted by Crippen LogP contribution is 2.34. The zero-order valence-corrected chi connectivity index (χ0v) is 16.5. The van der Waals surface area contributed by atoms with Gasteiger partial charge in [0, 0.05) is 18.8 Å². The summed E-state index contributed by atoms with van der Waals surface area (Å²) >= 11 is 0. The maximum Gasteiger partial charge on any atom is 0.516 e. The Balaban J connectivity index is 2.51. The molecule has 10 nitrogen and oxygen atoms in total. The lowest BCUT2D eigenvalue weighted by atomic mass is 10.2. The molecule has 0 radical (unpaired) electrons. The third-order valence-corrected chi connectivity index (χ3v) is 4.92. The number of alkyl halides is 3. The van der Waals surface area contributed by atoms with E-state index in [0.29, 0.717) is 18.8 Å². The van der Waals surface area contributed by atoms with Crippen LogP contribution in [0.25, 0.3) is 0 Å². The summed E-state index contributed by atoms with van der Waals surface area (Å²) in [7, 11) is -5.70. The first-order valence-corrected chi connectivity index (χ1v) is 9.84. The van der Waals surface area contributed by atoms with Gasteiger partial charge < -0.3 is 9.88 Å². The molecule has 0 aliphatic carbocycles. The molecule has 0 saturated heterocycles. The lowest BCUT2D eigenvalue weighted by Gasteiger charge is -2.22. The van der Waals surface area contributed by atoms with Crippen molar-refractivity contribution in [3.8, 4) is 12.1 Å². The van der Waals surface area contributed by atoms with Crippen LogP contribution in [0.15, 0.2) is 28.4 Å². The van der Waals surface area contributed by atoms with Crippen LogP contribution in [-0.4, -0.2) is 37.0 Å². The summed E-state index contributed by atoms with van der Waals surface area (Å²) in [6.45, 7) is 4.71. The monoisotopic (exact) mass is 440 g/mol. The summed E-state index contributed by atoms with van der Waals surface area (Å²) in [5.74, 6) is -0.249. The van der Waals surface area contributed by atoms with E-state index in [4.69, 9.17) is 10.5 Å². The van der Waals surface area contributed by atoms with Crippen molar-refractivity contribution in [2.45, 2.75) is 19.4 Å². The van der Waals surface area contributed by atoms with E-state index in [1.54, 1.807) is 17.0 Å². The Morgan fingerprint density at radius 3 is 2.37 bits per heavy atom. The maximum absolute atomic E-state index is 12.8. The molecule has 0 aliphatic heterocycles. The molecular weight excluding hydrogens is 425 g/mol. The standard InChI is InChI=1S/C16H15F3N8O2S/c1-3-27(4-2)10-5-6-11(12(7-10)26-30(28,29)16(17,18)19)24-25-15-22-13(8-20)14(9-21)23-15/h5-7,26H,3-4H2,1-2H3,(H,22,23). The number of nitrogens with zero attached hydrogens (tertiary/aromatic N) is 6. The number of benzene rings is 1. The van der Waals surface area contributed by atoms with Gasteiger partial charge in [-0.05, 0) is 32.0 Å². The minimum absolute atomic E-state index is 0.165. The van der Waals surface area contributed by atoms with Gasteiger partial charge in [0.15, 0.2) is 11.4 Å². The number of aromatic amines is 1. The van der Waals surface area contributed by atoms with Crippen LogP contribution in [0.1, 0.15) is 25.2 Å². The highest BCUT2D eigenvalue weighted by molar-refractivity contribution is 7.93. The number of nitriles is 2. The van der Waals surface area contributed by atoms with Gasteiger partial charge in [-0.2, -0.15) is 37.1 Å². The molecule has 1 aromatic heterocycles. The van der Waals surface area contributed by atoms with E-state index < -0.39 is 21.2 Å². The Kier molecular flexibility index (Phi) is 6.63. The summed E-state index contributed by atoms with van der Waals surface area (Å²) in [5, 5.41) is 25.1. The Labute approximate surface area is 169 Å². The topological polar surface area (TPSA) is 150 Å². The van der Waals surface area contributed by atoms with E-state index in [0.717, 1.165) is 0 Å². The molecule has 2 N–H and O–H groups in total. The molecule has 158 valence electrons. The number of sulfonamides is 1. The van der Waals surface area contributed by atoms with Crippen molar-refractivity contribution in [1.29, 1.82) is 10.5 Å². The van der Waals surface area contributed by atoms with Crippen molar-refractivity contribution in [1.82, 2.24) is 9.97 Å². The predicted octanol–water partition coefficient (Wildman–Crippen LogP) is 3.68. The molecule has 0 bridgehead atoms. The maximum atomic E-state index is 12.8. The second kappa shape index (κ2) is 8.79. The number of aromatic nitrogens is 2. The number of halogens is 3. The van der Waals surface area contributed by atoms with Crippen LogP contribution in [0.4, 0.5) is 36.2 Å². The number of nitrogens with one attached hydrogen (secondary N) is 2. The molecule has 0 spiro atoms. The number of azo groups is 1. The Morgan fingerprint density at radius 1 is 1.20 bits per heavy atom. The fraction of sp³-hybridized carbons (Fsp3) is 0.312. The van der Waals surface area contributed by atoms with Crippen molar-refractivity contribution in [3.05, 3.63) is 29.6 Å². The third-order valence-electron chi connectivity index (χ3n) is 3.82. The van der Waals surface area contributed by atoms with Crippen molar-refractivity contribution >= 4 is 33.0 Å². The number of hydrogen-bond donors (Lipinski definition) is 2. The molecule has 0 aliphatic rings. The normalized spacial score (nSPS) is 11.8. The van der Waals surface area contributed by atoms with E-state index in [1.165, 1.54) is 22.9 Å². The van der Waals surface area contributed by atoms with Gasteiger partial charge >= 0.3 is 15.5 Å². The second-order valence-corrected chi connectivity index (χ2v) is 7.31. The van der Waals surface area contributed by atoms with Gasteiger partial charge in [-0.3, -0.25) is 4.72 Å². The van der Waals surface area contributed by atoms with Gasteiger partial charge in [-0.25, -0.2) is 0 Å². The summed E-state index contributed by atoms with van der Waals surface area (Å²) in [6.07, 6.45) is 0. The van der Waals surface area contributed by atoms with Crippen molar-refractivity contribution in [3.63, 3.8) is 0 Å². The van der Waals surface area contributed by atoms with E-state index in [1.807, 2.05) is 13.8 Å². The first-order valence-electron chi connectivity index (χ1n) is 8.36. The average Bonchev–Trinajstić information content (AvgIpc) is 3.09. The van der Waals surface area contributed by atoms with E-state index in [2.05, 4.69) is 20.2 Å². The van der Waals surface area contributed by atoms with E-state index in [9.17, 15) is 21.6 Å². The minimum atomic E-state index is -5.70. The smallest absolute Gasteiger partial charge is 0.372 e. The highest BCUT2D eigenvalue weighted by Gasteiger charge is 2.46. The average molecular weight is 440 g/mol. The molecule has 0 saturated carbocycles. The first kappa shape index (κ1) is 22.6. The van der Waals surface area contributed by atoms with Crippen LogP contribution < -0.4 is 9.62 Å². The zero-order valence-electron chi connectivity index (χ0n) is 15.7. The Morgan fingerprint density at radius 2 is 1.87 bits per heavy atom. The summed E-state index contributed by atoms with van der Waals surface area (Å²) in [6, 6.07) is 7.38. The Bertz CT molecular complexity index is 1110. The van der Waals surface area contributed by atoms with Crippen LogP contribution in [0.2, 0.25) is 0 Å². The zero-order chi connectivity index (χ0) is 22.5. The number of rotatable bonds is 7. The van der Waals surface area contributed by atoms with Gasteiger partial charge in [0.2, 0.25) is 5.95 Å². The van der Waals surface area contributed by atoms with E-state index >= 15 is 0 Å².